The number of anilines is 2. The molecule has 0 bridgehead atoms. The van der Waals surface area contributed by atoms with Crippen LogP contribution in [-0.4, -0.2) is 81.6 Å². The van der Waals surface area contributed by atoms with Gasteiger partial charge in [-0.25, -0.2) is 33.5 Å². The van der Waals surface area contributed by atoms with E-state index in [9.17, 15) is 18.8 Å². The molecule has 0 radical (unpaired) electrons. The van der Waals surface area contributed by atoms with Gasteiger partial charge in [0, 0.05) is 0 Å². The van der Waals surface area contributed by atoms with E-state index in [0.29, 0.717) is 12.8 Å². The van der Waals surface area contributed by atoms with Crippen LogP contribution in [0.4, 0.5) is 16.2 Å². The van der Waals surface area contributed by atoms with Crippen LogP contribution in [0, 0.1) is 0 Å². The molecule has 0 aliphatic carbocycles. The molecule has 2 saturated heterocycles. The number of nitrogens with one attached hydrogen (secondary N) is 1. The molecule has 6 heterocycles. The van der Waals surface area contributed by atoms with E-state index in [-0.39, 0.29) is 40.7 Å². The Morgan fingerprint density at radius 1 is 1.05 bits per heavy atom. The number of rotatable bonds is 10. The minimum Gasteiger partial charge on any atom is -0.382 e. The summed E-state index contributed by atoms with van der Waals surface area (Å²) in [6.45, 7) is -9.54. The zero-order chi connectivity index (χ0) is 31.4. The molecule has 4 aromatic rings. The number of halogens is 1. The number of nitrogens with two attached hydrogens (primary N) is 2. The summed E-state index contributed by atoms with van der Waals surface area (Å²) >= 11 is 7.47. The molecule has 0 saturated carbocycles. The first-order chi connectivity index (χ1) is 20.8. The molecule has 8 atom stereocenters. The van der Waals surface area contributed by atoms with E-state index in [1.165, 1.54) is 17.2 Å². The minimum atomic E-state index is -4.31. The van der Waals surface area contributed by atoms with E-state index < -0.39 is 62.7 Å². The van der Waals surface area contributed by atoms with Gasteiger partial charge < -0.3 is 25.8 Å². The number of H-pyrrole nitrogens is 1. The van der Waals surface area contributed by atoms with Crippen LogP contribution in [0.1, 0.15) is 25.3 Å². The Morgan fingerprint density at radius 3 is 2.57 bits per heavy atom. The zero-order valence-electron chi connectivity index (χ0n) is 22.2. The van der Waals surface area contributed by atoms with Gasteiger partial charge in [0.2, 0.25) is 5.95 Å². The van der Waals surface area contributed by atoms with E-state index >= 15 is 4.39 Å². The molecular weight excluding hydrogens is 669 g/mol. The maximum absolute atomic E-state index is 15.9. The Kier molecular flexibility index (Phi) is 8.50. The van der Waals surface area contributed by atoms with Crippen molar-refractivity contribution >= 4 is 72.2 Å². The Bertz CT molecular complexity index is 1860. The summed E-state index contributed by atoms with van der Waals surface area (Å²) in [5.41, 5.74) is 11.6. The number of alkyl halides is 1. The van der Waals surface area contributed by atoms with E-state index in [2.05, 4.69) is 54.4 Å². The number of nitrogen functional groups attached to an aromatic ring is 2. The number of thiol groups is 2. The topological polar surface area (TPSA) is 260 Å². The van der Waals surface area contributed by atoms with Gasteiger partial charge in [0.15, 0.2) is 35.0 Å². The van der Waals surface area contributed by atoms with Crippen molar-refractivity contribution in [1.82, 2.24) is 39.0 Å². The number of fused-ring (bicyclic) bond motifs is 2. The number of imidazole rings is 2. The molecule has 2 fully saturated rings. The molecule has 2 aliphatic rings. The van der Waals surface area contributed by atoms with Crippen molar-refractivity contribution in [3.05, 3.63) is 29.3 Å². The average molecular weight is 695 g/mol. The summed E-state index contributed by atoms with van der Waals surface area (Å²) < 4.78 is 71.1. The van der Waals surface area contributed by atoms with Crippen LogP contribution in [0.5, 0.6) is 0 Å². The van der Waals surface area contributed by atoms with Gasteiger partial charge in [0.1, 0.15) is 30.3 Å². The van der Waals surface area contributed by atoms with Crippen molar-refractivity contribution in [2.24, 2.45) is 0 Å². The average Bonchev–Trinajstić information content (AvgIpc) is 3.73. The molecule has 6 rings (SSSR count). The maximum Gasteiger partial charge on any atom is 0.386 e. The molecule has 2 unspecified atom stereocenters. The summed E-state index contributed by atoms with van der Waals surface area (Å²) in [7, 11) is 0. The first-order valence-electron chi connectivity index (χ1n) is 12.8. The lowest BCUT2D eigenvalue weighted by Crippen LogP contribution is -2.33. The highest BCUT2D eigenvalue weighted by Gasteiger charge is 2.51. The van der Waals surface area contributed by atoms with Gasteiger partial charge in [-0.1, -0.05) is 24.5 Å². The lowest BCUT2D eigenvalue weighted by molar-refractivity contribution is -0.0417. The third kappa shape index (κ3) is 6.37. The predicted molar refractivity (Wildman–Crippen MR) is 156 cm³/mol. The number of ether oxygens (including phenoxy) is 2. The van der Waals surface area contributed by atoms with Crippen molar-refractivity contribution < 1.29 is 41.5 Å². The summed E-state index contributed by atoms with van der Waals surface area (Å²) in [6.07, 6.45) is -3.00. The molecule has 0 spiro atoms. The van der Waals surface area contributed by atoms with Gasteiger partial charge in [-0.15, -0.1) is 0 Å². The largest absolute Gasteiger partial charge is 0.386 e. The Balaban J connectivity index is 1.14. The molecule has 0 aromatic carbocycles. The van der Waals surface area contributed by atoms with Crippen LogP contribution in [-0.2, 0) is 32.2 Å². The molecule has 238 valence electrons. The molecule has 0 amide bonds. The highest BCUT2D eigenvalue weighted by atomic mass is 32.7. The van der Waals surface area contributed by atoms with Crippen LogP contribution < -0.4 is 17.0 Å². The second-order valence-corrected chi connectivity index (χ2v) is 15.4. The van der Waals surface area contributed by atoms with E-state index in [4.69, 9.17) is 34.5 Å². The first kappa shape index (κ1) is 31.3. The van der Waals surface area contributed by atoms with E-state index in [0.717, 1.165) is 6.33 Å². The Morgan fingerprint density at radius 2 is 1.80 bits per heavy atom. The maximum atomic E-state index is 15.9. The third-order valence-corrected chi connectivity index (χ3v) is 9.31. The van der Waals surface area contributed by atoms with Gasteiger partial charge in [-0.05, 0) is 12.8 Å². The van der Waals surface area contributed by atoms with Gasteiger partial charge in [-0.2, -0.15) is 4.98 Å². The molecular formula is C20H25FN10O9P2S2. The van der Waals surface area contributed by atoms with Crippen LogP contribution in [0.2, 0.25) is 0 Å². The number of hydrogen-bond acceptors (Lipinski definition) is 15. The highest BCUT2D eigenvalue weighted by molar-refractivity contribution is 8.44. The normalized spacial score (nSPS) is 28.5. The second-order valence-electron chi connectivity index (χ2n) is 9.78. The standard InChI is InChI=1S/C20H25FN10O9P2S2/c21-11-14(9(4-36-41(33,34)43)39-19(11)31-7-26-12-15(22)24-5-25-16(12)31)40-42(35,44)37-3-8-1-2-10(38-8)30-6-27-13-17(30)28-20(23)29-18(13)32/h5-11,14,19H,1-4H2,(H,35,44)(H2,22,24,25)(H2,33,34,43)(H3,23,28,29,32)/t8-,9+,10+,11-,14+,19+,42?/m0/s1. The van der Waals surface area contributed by atoms with Crippen LogP contribution in [0.3, 0.4) is 0 Å². The van der Waals surface area contributed by atoms with E-state index in [1.807, 2.05) is 0 Å². The third-order valence-electron chi connectivity index (χ3n) is 6.86. The summed E-state index contributed by atoms with van der Waals surface area (Å²) in [4.78, 5) is 44.1. The fraction of sp³-hybridized carbons (Fsp3) is 0.500. The number of aromatic amines is 1. The summed E-state index contributed by atoms with van der Waals surface area (Å²) in [6, 6.07) is 0. The van der Waals surface area contributed by atoms with Crippen molar-refractivity contribution in [3.63, 3.8) is 0 Å². The fourth-order valence-electron chi connectivity index (χ4n) is 4.93. The number of aromatic nitrogens is 8. The van der Waals surface area contributed by atoms with Crippen LogP contribution in [0.25, 0.3) is 22.3 Å². The second kappa shape index (κ2) is 11.9. The van der Waals surface area contributed by atoms with Crippen molar-refractivity contribution in [2.45, 2.75) is 49.8 Å². The lowest BCUT2D eigenvalue weighted by Gasteiger charge is -2.24. The van der Waals surface area contributed by atoms with Gasteiger partial charge in [-0.3, -0.25) is 32.5 Å². The van der Waals surface area contributed by atoms with Crippen molar-refractivity contribution in [2.75, 3.05) is 24.7 Å². The number of nitrogens with zero attached hydrogens (tertiary/aromatic N) is 7. The lowest BCUT2D eigenvalue weighted by atomic mass is 10.1. The Hall–Kier alpha value is -2.65. The molecule has 6 N–H and O–H groups in total. The molecule has 24 heteroatoms. The predicted octanol–water partition coefficient (Wildman–Crippen LogP) is 1.52. The monoisotopic (exact) mass is 694 g/mol. The molecule has 19 nitrogen and oxygen atoms in total. The Labute approximate surface area is 256 Å². The molecule has 4 aromatic heterocycles. The van der Waals surface area contributed by atoms with Crippen LogP contribution in [0.15, 0.2) is 23.8 Å². The summed E-state index contributed by atoms with van der Waals surface area (Å²) in [5.74, 6) is -0.0378. The minimum absolute atomic E-state index is 0.0473. The number of hydrogen-bond donors (Lipinski definition) is 6. The molecule has 2 aliphatic heterocycles. The zero-order valence-corrected chi connectivity index (χ0v) is 25.8. The summed E-state index contributed by atoms with van der Waals surface area (Å²) in [5, 5.41) is 0. The van der Waals surface area contributed by atoms with Gasteiger partial charge in [0.05, 0.1) is 32.0 Å². The van der Waals surface area contributed by atoms with Crippen molar-refractivity contribution in [1.29, 1.82) is 0 Å². The van der Waals surface area contributed by atoms with Gasteiger partial charge in [0.25, 0.3) is 5.56 Å². The SMILES string of the molecule is Nc1nc2c(ncn2[C@H]2CC[C@@H](COP(=O)(S)O[C@H]3[C@H](F)[C@H](n4cnc5c(N)ncnc54)O[C@@H]3COP(=O)(O)S)O2)c(=O)[nH]1. The fourth-order valence-corrected chi connectivity index (χ4v) is 6.98. The first-order valence-corrected chi connectivity index (χ1v) is 18.2. The van der Waals surface area contributed by atoms with Crippen LogP contribution >= 0.6 is 38.1 Å². The van der Waals surface area contributed by atoms with Gasteiger partial charge >= 0.3 is 13.6 Å². The molecule has 44 heavy (non-hydrogen) atoms. The quantitative estimate of drug-likeness (QED) is 0.102. The smallest absolute Gasteiger partial charge is 0.382 e. The van der Waals surface area contributed by atoms with E-state index in [1.54, 1.807) is 4.57 Å². The highest BCUT2D eigenvalue weighted by Crippen LogP contribution is 2.57. The van der Waals surface area contributed by atoms with Crippen molar-refractivity contribution in [3.8, 4) is 0 Å².